The molecule has 0 unspecified atom stereocenters. The van der Waals surface area contributed by atoms with E-state index in [-0.39, 0.29) is 5.75 Å². The normalized spacial score (nSPS) is 10.8. The van der Waals surface area contributed by atoms with E-state index in [0.717, 1.165) is 39.3 Å². The molecule has 5 aromatic rings. The summed E-state index contributed by atoms with van der Waals surface area (Å²) in [6.07, 6.45) is 0. The van der Waals surface area contributed by atoms with E-state index >= 15 is 0 Å². The molecule has 3 heteroatoms. The van der Waals surface area contributed by atoms with Crippen LogP contribution in [0.2, 0.25) is 0 Å². The first kappa shape index (κ1) is 18.0. The zero-order valence-corrected chi connectivity index (χ0v) is 16.2. The second-order valence-electron chi connectivity index (χ2n) is 7.06. The summed E-state index contributed by atoms with van der Waals surface area (Å²) in [7, 11) is 0. The molecule has 1 heterocycles. The van der Waals surface area contributed by atoms with E-state index in [0.29, 0.717) is 5.89 Å². The quantitative estimate of drug-likeness (QED) is 0.358. The number of aromatic hydroxyl groups is 1. The van der Waals surface area contributed by atoms with E-state index in [1.54, 1.807) is 12.1 Å². The minimum absolute atomic E-state index is 0.242. The molecule has 0 aliphatic heterocycles. The second-order valence-corrected chi connectivity index (χ2v) is 7.06. The van der Waals surface area contributed by atoms with E-state index < -0.39 is 0 Å². The number of aromatic nitrogens is 1. The van der Waals surface area contributed by atoms with Crippen molar-refractivity contribution in [1.29, 1.82) is 0 Å². The Bertz CT molecular complexity index is 1230. The van der Waals surface area contributed by atoms with Crippen LogP contribution in [0.25, 0.3) is 45.2 Å². The van der Waals surface area contributed by atoms with Gasteiger partial charge in [0.1, 0.15) is 11.4 Å². The van der Waals surface area contributed by atoms with Crippen molar-refractivity contribution in [2.75, 3.05) is 0 Å². The van der Waals surface area contributed by atoms with Crippen molar-refractivity contribution in [2.24, 2.45) is 0 Å². The molecule has 0 bridgehead atoms. The van der Waals surface area contributed by atoms with Crippen LogP contribution in [0.1, 0.15) is 0 Å². The van der Waals surface area contributed by atoms with Gasteiger partial charge in [-0.2, -0.15) is 0 Å². The van der Waals surface area contributed by atoms with Crippen molar-refractivity contribution in [3.63, 3.8) is 0 Å². The number of hydrogen-bond acceptors (Lipinski definition) is 3. The Hall–Kier alpha value is -4.11. The average Bonchev–Trinajstić information content (AvgIpc) is 3.26. The summed E-state index contributed by atoms with van der Waals surface area (Å²) < 4.78 is 6.30. The number of oxazole rings is 1. The Labute approximate surface area is 174 Å². The Morgan fingerprint density at radius 1 is 0.533 bits per heavy atom. The molecule has 0 aliphatic carbocycles. The zero-order chi connectivity index (χ0) is 20.3. The number of phenols is 1. The van der Waals surface area contributed by atoms with Crippen molar-refractivity contribution in [2.45, 2.75) is 0 Å². The van der Waals surface area contributed by atoms with Gasteiger partial charge in [-0.3, -0.25) is 0 Å². The van der Waals surface area contributed by atoms with Gasteiger partial charge in [-0.05, 0) is 35.4 Å². The molecule has 0 amide bonds. The van der Waals surface area contributed by atoms with Crippen LogP contribution in [-0.2, 0) is 0 Å². The van der Waals surface area contributed by atoms with Crippen LogP contribution in [-0.4, -0.2) is 10.1 Å². The number of hydrogen-bond donors (Lipinski definition) is 1. The maximum atomic E-state index is 9.82. The smallest absolute Gasteiger partial charge is 0.227 e. The number of nitrogens with zero attached hydrogens (tertiary/aromatic N) is 1. The summed E-state index contributed by atoms with van der Waals surface area (Å²) in [5.74, 6) is 1.56. The highest BCUT2D eigenvalue weighted by atomic mass is 16.4. The highest BCUT2D eigenvalue weighted by Crippen LogP contribution is 2.36. The molecule has 30 heavy (non-hydrogen) atoms. The fourth-order valence-corrected chi connectivity index (χ4v) is 3.54. The standard InChI is InChI=1S/C27H19NO2/c29-24-16-8-14-22(18-24)21-13-7-15-23(17-21)27-28-25(19-9-3-1-4-10-19)26(30-27)20-11-5-2-6-12-20/h1-18,29H. The van der Waals surface area contributed by atoms with E-state index in [2.05, 4.69) is 0 Å². The van der Waals surface area contributed by atoms with E-state index in [1.807, 2.05) is 97.1 Å². The lowest BCUT2D eigenvalue weighted by molar-refractivity contribution is 0.475. The molecular formula is C27H19NO2. The fourth-order valence-electron chi connectivity index (χ4n) is 3.54. The predicted molar refractivity (Wildman–Crippen MR) is 120 cm³/mol. The molecule has 0 radical (unpaired) electrons. The van der Waals surface area contributed by atoms with Gasteiger partial charge in [-0.1, -0.05) is 84.9 Å². The summed E-state index contributed by atoms with van der Waals surface area (Å²) in [4.78, 5) is 4.86. The van der Waals surface area contributed by atoms with Gasteiger partial charge in [-0.25, -0.2) is 4.98 Å². The number of benzene rings is 4. The molecule has 5 rings (SSSR count). The van der Waals surface area contributed by atoms with Crippen LogP contribution in [0.15, 0.2) is 114 Å². The topological polar surface area (TPSA) is 46.3 Å². The Morgan fingerprint density at radius 3 is 1.80 bits per heavy atom. The van der Waals surface area contributed by atoms with Crippen LogP contribution < -0.4 is 0 Å². The minimum Gasteiger partial charge on any atom is -0.508 e. The highest BCUT2D eigenvalue weighted by Gasteiger charge is 2.18. The van der Waals surface area contributed by atoms with Crippen molar-refractivity contribution in [1.82, 2.24) is 4.98 Å². The van der Waals surface area contributed by atoms with Crippen LogP contribution >= 0.6 is 0 Å². The Balaban J connectivity index is 1.64. The van der Waals surface area contributed by atoms with Crippen molar-refractivity contribution in [3.05, 3.63) is 109 Å². The number of rotatable bonds is 4. The van der Waals surface area contributed by atoms with Crippen molar-refractivity contribution >= 4 is 0 Å². The van der Waals surface area contributed by atoms with Crippen LogP contribution in [0, 0.1) is 0 Å². The Kier molecular flexibility index (Phi) is 4.62. The molecule has 0 saturated carbocycles. The molecule has 0 aliphatic rings. The third-order valence-electron chi connectivity index (χ3n) is 5.00. The molecular weight excluding hydrogens is 370 g/mol. The molecule has 1 aromatic heterocycles. The molecule has 0 spiro atoms. The molecule has 0 atom stereocenters. The summed E-state index contributed by atoms with van der Waals surface area (Å²) in [5.41, 5.74) is 5.63. The van der Waals surface area contributed by atoms with Crippen molar-refractivity contribution in [3.8, 4) is 50.9 Å². The molecule has 3 nitrogen and oxygen atoms in total. The predicted octanol–water partition coefficient (Wildman–Crippen LogP) is 7.05. The second kappa shape index (κ2) is 7.72. The SMILES string of the molecule is Oc1cccc(-c2cccc(-c3nc(-c4ccccc4)c(-c4ccccc4)o3)c2)c1. The molecule has 4 aromatic carbocycles. The highest BCUT2D eigenvalue weighted by molar-refractivity contribution is 5.80. The maximum Gasteiger partial charge on any atom is 0.227 e. The molecule has 1 N–H and O–H groups in total. The van der Waals surface area contributed by atoms with Gasteiger partial charge < -0.3 is 9.52 Å². The monoisotopic (exact) mass is 389 g/mol. The lowest BCUT2D eigenvalue weighted by Gasteiger charge is -2.04. The minimum atomic E-state index is 0.242. The molecule has 0 saturated heterocycles. The summed E-state index contributed by atoms with van der Waals surface area (Å²) in [6.45, 7) is 0. The van der Waals surface area contributed by atoms with E-state index in [4.69, 9.17) is 9.40 Å². The maximum absolute atomic E-state index is 9.82. The average molecular weight is 389 g/mol. The third kappa shape index (κ3) is 3.49. The first-order chi connectivity index (χ1) is 14.8. The first-order valence-electron chi connectivity index (χ1n) is 9.79. The summed E-state index contributed by atoms with van der Waals surface area (Å²) in [5, 5.41) is 9.82. The van der Waals surface area contributed by atoms with Crippen LogP contribution in [0.4, 0.5) is 0 Å². The molecule has 0 fully saturated rings. The molecule has 144 valence electrons. The van der Waals surface area contributed by atoms with Gasteiger partial charge in [0.2, 0.25) is 5.89 Å². The lowest BCUT2D eigenvalue weighted by Crippen LogP contribution is -1.83. The van der Waals surface area contributed by atoms with Gasteiger partial charge in [-0.15, -0.1) is 0 Å². The fraction of sp³-hybridized carbons (Fsp3) is 0. The summed E-state index contributed by atoms with van der Waals surface area (Å²) in [6, 6.07) is 35.3. The largest absolute Gasteiger partial charge is 0.508 e. The van der Waals surface area contributed by atoms with Crippen molar-refractivity contribution < 1.29 is 9.52 Å². The van der Waals surface area contributed by atoms with Gasteiger partial charge in [0, 0.05) is 16.7 Å². The van der Waals surface area contributed by atoms with Gasteiger partial charge in [0.15, 0.2) is 5.76 Å². The first-order valence-corrected chi connectivity index (χ1v) is 9.79. The zero-order valence-electron chi connectivity index (χ0n) is 16.2. The van der Waals surface area contributed by atoms with Gasteiger partial charge >= 0.3 is 0 Å². The summed E-state index contributed by atoms with van der Waals surface area (Å²) >= 11 is 0. The third-order valence-corrected chi connectivity index (χ3v) is 5.00. The van der Waals surface area contributed by atoms with E-state index in [9.17, 15) is 5.11 Å². The van der Waals surface area contributed by atoms with Gasteiger partial charge in [0.05, 0.1) is 0 Å². The van der Waals surface area contributed by atoms with E-state index in [1.165, 1.54) is 0 Å². The number of phenolic OH excluding ortho intramolecular Hbond substituents is 1. The van der Waals surface area contributed by atoms with Crippen LogP contribution in [0.3, 0.4) is 0 Å². The lowest BCUT2D eigenvalue weighted by atomic mass is 10.0. The van der Waals surface area contributed by atoms with Gasteiger partial charge in [0.25, 0.3) is 0 Å². The van der Waals surface area contributed by atoms with Crippen LogP contribution in [0.5, 0.6) is 5.75 Å². The Morgan fingerprint density at radius 2 is 1.10 bits per heavy atom.